The number of hydrogen-bond donors (Lipinski definition) is 3. The second kappa shape index (κ2) is 10.1. The summed E-state index contributed by atoms with van der Waals surface area (Å²) in [6.45, 7) is 6.19. The Morgan fingerprint density at radius 3 is 2.97 bits per heavy atom. The lowest BCUT2D eigenvalue weighted by molar-refractivity contribution is -0.152. The van der Waals surface area contributed by atoms with Crippen molar-refractivity contribution < 1.29 is 14.3 Å². The highest BCUT2D eigenvalue weighted by molar-refractivity contribution is 7.81. The minimum absolute atomic E-state index is 0.206. The van der Waals surface area contributed by atoms with Gasteiger partial charge in [-0.25, -0.2) is 0 Å². The highest BCUT2D eigenvalue weighted by atomic mass is 35.5. The molecule has 33 heavy (non-hydrogen) atoms. The van der Waals surface area contributed by atoms with Crippen LogP contribution in [0.25, 0.3) is 0 Å². The number of benzene rings is 1. The smallest absolute Gasteiger partial charge is 0.256 e. The molecule has 1 fully saturated rings. The molecule has 1 atom stereocenters. The van der Waals surface area contributed by atoms with Crippen molar-refractivity contribution in [3.63, 3.8) is 0 Å². The number of nitrogens with zero attached hydrogens (tertiary/aromatic N) is 1. The third kappa shape index (κ3) is 5.46. The Morgan fingerprint density at radius 2 is 2.21 bits per heavy atom. The van der Waals surface area contributed by atoms with Crippen LogP contribution >= 0.6 is 23.8 Å². The summed E-state index contributed by atoms with van der Waals surface area (Å²) in [7, 11) is 0. The van der Waals surface area contributed by atoms with Crippen molar-refractivity contribution >= 4 is 40.4 Å². The fourth-order valence-corrected chi connectivity index (χ4v) is 4.18. The van der Waals surface area contributed by atoms with Crippen LogP contribution in [0, 0.1) is 6.92 Å². The number of pyridine rings is 1. The number of thiocarbonyl (C=S) groups is 1. The minimum atomic E-state index is -0.242. The quantitative estimate of drug-likeness (QED) is 0.488. The lowest BCUT2D eigenvalue weighted by atomic mass is 9.99. The number of nitrogens with one attached hydrogen (secondary N) is 3. The lowest BCUT2D eigenvalue weighted by Gasteiger charge is -2.38. The van der Waals surface area contributed by atoms with Crippen LogP contribution < -0.4 is 20.7 Å². The summed E-state index contributed by atoms with van der Waals surface area (Å²) in [5, 5.41) is 10.1. The zero-order valence-electron chi connectivity index (χ0n) is 18.7. The summed E-state index contributed by atoms with van der Waals surface area (Å²) in [4.78, 5) is 17.2. The van der Waals surface area contributed by atoms with E-state index in [1.807, 2.05) is 38.1 Å². The van der Waals surface area contributed by atoms with Gasteiger partial charge in [-0.3, -0.25) is 9.78 Å². The fourth-order valence-electron chi connectivity index (χ4n) is 3.68. The Morgan fingerprint density at radius 1 is 1.39 bits per heavy atom. The minimum Gasteiger partial charge on any atom is -0.489 e. The van der Waals surface area contributed by atoms with E-state index in [0.717, 1.165) is 35.5 Å². The number of carbonyl (C=O) groups excluding carboxylic acids is 1. The van der Waals surface area contributed by atoms with Gasteiger partial charge in [-0.15, -0.1) is 0 Å². The summed E-state index contributed by atoms with van der Waals surface area (Å²) < 4.78 is 11.6. The number of amides is 1. The predicted molar refractivity (Wildman–Crippen MR) is 133 cm³/mol. The summed E-state index contributed by atoms with van der Waals surface area (Å²) in [6, 6.07) is 7.45. The number of aromatic nitrogens is 1. The molecule has 1 aromatic carbocycles. The maximum atomic E-state index is 12.7. The molecule has 0 bridgehead atoms. The van der Waals surface area contributed by atoms with Crippen LogP contribution in [-0.4, -0.2) is 41.2 Å². The molecule has 7 nitrogen and oxygen atoms in total. The largest absolute Gasteiger partial charge is 0.489 e. The van der Waals surface area contributed by atoms with Crippen molar-refractivity contribution in [1.29, 1.82) is 0 Å². The van der Waals surface area contributed by atoms with E-state index in [0.29, 0.717) is 47.5 Å². The molecule has 174 valence electrons. The van der Waals surface area contributed by atoms with Crippen molar-refractivity contribution in [2.24, 2.45) is 0 Å². The summed E-state index contributed by atoms with van der Waals surface area (Å²) in [5.74, 6) is 0.488. The molecule has 9 heteroatoms. The topological polar surface area (TPSA) is 84.5 Å². The van der Waals surface area contributed by atoms with Crippen LogP contribution in [0.4, 0.5) is 5.69 Å². The van der Waals surface area contributed by atoms with E-state index in [2.05, 4.69) is 20.9 Å². The SMILES string of the molecule is Cc1c(Cl)cccc1NC(=S)C1=C(NCc2ccncc2OCC2(C)CCO2)CCNC1=O. The van der Waals surface area contributed by atoms with Gasteiger partial charge in [0.25, 0.3) is 5.91 Å². The van der Waals surface area contributed by atoms with E-state index in [1.165, 1.54) is 0 Å². The van der Waals surface area contributed by atoms with Gasteiger partial charge >= 0.3 is 0 Å². The van der Waals surface area contributed by atoms with Crippen LogP contribution in [0.5, 0.6) is 5.75 Å². The molecule has 1 unspecified atom stereocenters. The highest BCUT2D eigenvalue weighted by Crippen LogP contribution is 2.28. The fraction of sp³-hybridized carbons (Fsp3) is 0.375. The van der Waals surface area contributed by atoms with Gasteiger partial charge in [0.1, 0.15) is 22.9 Å². The number of hydrogen-bond acceptors (Lipinski definition) is 6. The average molecular weight is 487 g/mol. The van der Waals surface area contributed by atoms with Gasteiger partial charge in [-0.05, 0) is 37.6 Å². The van der Waals surface area contributed by atoms with E-state index in [9.17, 15) is 4.79 Å². The monoisotopic (exact) mass is 486 g/mol. The number of carbonyl (C=O) groups is 1. The molecule has 2 aromatic rings. The van der Waals surface area contributed by atoms with Gasteiger partial charge in [0.2, 0.25) is 0 Å². The third-order valence-electron chi connectivity index (χ3n) is 5.91. The van der Waals surface area contributed by atoms with Crippen LogP contribution in [0.3, 0.4) is 0 Å². The number of anilines is 1. The zero-order chi connectivity index (χ0) is 23.4. The van der Waals surface area contributed by atoms with Gasteiger partial charge in [-0.2, -0.15) is 0 Å². The molecule has 3 N–H and O–H groups in total. The number of halogens is 1. The van der Waals surface area contributed by atoms with Gasteiger partial charge in [-0.1, -0.05) is 29.9 Å². The van der Waals surface area contributed by atoms with Crippen LogP contribution in [0.15, 0.2) is 47.9 Å². The highest BCUT2D eigenvalue weighted by Gasteiger charge is 2.34. The molecule has 3 heterocycles. The molecule has 1 amide bonds. The second-order valence-corrected chi connectivity index (χ2v) is 9.22. The van der Waals surface area contributed by atoms with Crippen molar-refractivity contribution in [2.75, 3.05) is 25.1 Å². The first-order valence-corrected chi connectivity index (χ1v) is 11.7. The Hall–Kier alpha value is -2.68. The second-order valence-electron chi connectivity index (χ2n) is 8.40. The van der Waals surface area contributed by atoms with Gasteiger partial charge < -0.3 is 25.4 Å². The molecule has 2 aliphatic heterocycles. The van der Waals surface area contributed by atoms with Crippen molar-refractivity contribution in [3.8, 4) is 5.75 Å². The summed E-state index contributed by atoms with van der Waals surface area (Å²) in [5.41, 5.74) is 3.56. The van der Waals surface area contributed by atoms with E-state index >= 15 is 0 Å². The van der Waals surface area contributed by atoms with E-state index in [-0.39, 0.29) is 11.5 Å². The Bertz CT molecular complexity index is 1100. The average Bonchev–Trinajstić information content (AvgIpc) is 2.78. The maximum Gasteiger partial charge on any atom is 0.256 e. The molecule has 0 spiro atoms. The van der Waals surface area contributed by atoms with Crippen molar-refractivity contribution in [1.82, 2.24) is 15.6 Å². The molecular formula is C24H27ClN4O3S. The van der Waals surface area contributed by atoms with Gasteiger partial charge in [0.15, 0.2) is 0 Å². The van der Waals surface area contributed by atoms with Crippen molar-refractivity contribution in [3.05, 3.63) is 64.1 Å². The van der Waals surface area contributed by atoms with Gasteiger partial charge in [0, 0.05) is 54.1 Å². The molecule has 4 rings (SSSR count). The first-order valence-electron chi connectivity index (χ1n) is 10.9. The lowest BCUT2D eigenvalue weighted by Crippen LogP contribution is -2.45. The van der Waals surface area contributed by atoms with E-state index in [4.69, 9.17) is 33.3 Å². The molecule has 1 saturated heterocycles. The summed E-state index contributed by atoms with van der Waals surface area (Å²) in [6.07, 6.45) is 5.05. The van der Waals surface area contributed by atoms with Crippen LogP contribution in [-0.2, 0) is 16.1 Å². The summed E-state index contributed by atoms with van der Waals surface area (Å²) >= 11 is 11.8. The predicted octanol–water partition coefficient (Wildman–Crippen LogP) is 3.90. The maximum absolute atomic E-state index is 12.7. The van der Waals surface area contributed by atoms with E-state index in [1.54, 1.807) is 12.4 Å². The first-order chi connectivity index (χ1) is 15.9. The molecule has 0 aliphatic carbocycles. The Balaban J connectivity index is 1.49. The standard InChI is InChI=1S/C24H27ClN4O3S/c1-15-17(25)4-3-5-18(15)29-23(33)21-19(7-10-27-22(21)30)28-12-16-6-9-26-13-20(16)31-14-24(2)8-11-32-24/h3-6,9,13,28H,7-8,10-12,14H2,1-2H3,(H,27,30)(H,29,33). The number of rotatable bonds is 8. The molecule has 0 radical (unpaired) electrons. The molecule has 1 aromatic heterocycles. The zero-order valence-corrected chi connectivity index (χ0v) is 20.2. The van der Waals surface area contributed by atoms with Crippen LogP contribution in [0.2, 0.25) is 5.02 Å². The van der Waals surface area contributed by atoms with E-state index < -0.39 is 0 Å². The van der Waals surface area contributed by atoms with Crippen LogP contribution in [0.1, 0.15) is 30.9 Å². The first kappa shape index (κ1) is 23.5. The molecular weight excluding hydrogens is 460 g/mol. The third-order valence-corrected chi connectivity index (χ3v) is 6.62. The number of ether oxygens (including phenoxy) is 2. The Labute approximate surface area is 203 Å². The molecule has 2 aliphatic rings. The molecule has 0 saturated carbocycles. The van der Waals surface area contributed by atoms with Gasteiger partial charge in [0.05, 0.1) is 18.4 Å². The van der Waals surface area contributed by atoms with Crippen molar-refractivity contribution in [2.45, 2.75) is 38.8 Å². The normalized spacial score (nSPS) is 20.0. The Kier molecular flexibility index (Phi) is 7.17.